The van der Waals surface area contributed by atoms with Gasteiger partial charge in [0.15, 0.2) is 0 Å². The fourth-order valence-corrected chi connectivity index (χ4v) is 4.50. The van der Waals surface area contributed by atoms with Crippen molar-refractivity contribution in [2.24, 2.45) is 0 Å². The molecule has 1 unspecified atom stereocenters. The molecule has 130 valence electrons. The maximum absolute atomic E-state index is 12.9. The summed E-state index contributed by atoms with van der Waals surface area (Å²) < 4.78 is 27.4. The zero-order chi connectivity index (χ0) is 18.0. The Morgan fingerprint density at radius 1 is 1.04 bits per heavy atom. The third kappa shape index (κ3) is 3.59. The average molecular weight is 355 g/mol. The highest BCUT2D eigenvalue weighted by molar-refractivity contribution is 7.89. The van der Waals surface area contributed by atoms with Crippen LogP contribution in [0.25, 0.3) is 0 Å². The monoisotopic (exact) mass is 355 g/mol. The molecule has 0 aliphatic carbocycles. The van der Waals surface area contributed by atoms with Gasteiger partial charge in [-0.25, -0.2) is 8.42 Å². The van der Waals surface area contributed by atoms with Crippen LogP contribution in [0, 0.1) is 18.3 Å². The van der Waals surface area contributed by atoms with E-state index in [4.69, 9.17) is 5.26 Å². The van der Waals surface area contributed by atoms with Crippen LogP contribution in [0.4, 0.5) is 0 Å². The molecule has 0 radical (unpaired) electrons. The number of hydrogen-bond donors (Lipinski definition) is 0. The van der Waals surface area contributed by atoms with Crippen molar-refractivity contribution in [3.63, 3.8) is 0 Å². The van der Waals surface area contributed by atoms with Gasteiger partial charge in [0.05, 0.1) is 16.5 Å². The van der Waals surface area contributed by atoms with Crippen LogP contribution in [0.1, 0.15) is 22.7 Å². The molecule has 25 heavy (non-hydrogen) atoms. The predicted molar refractivity (Wildman–Crippen MR) is 96.5 cm³/mol. The summed E-state index contributed by atoms with van der Waals surface area (Å²) in [5, 5.41) is 8.87. The molecule has 0 saturated carbocycles. The van der Waals surface area contributed by atoms with Gasteiger partial charge in [0.1, 0.15) is 0 Å². The Labute approximate surface area is 149 Å². The van der Waals surface area contributed by atoms with E-state index in [9.17, 15) is 8.42 Å². The average Bonchev–Trinajstić information content (AvgIpc) is 2.63. The van der Waals surface area contributed by atoms with Crippen molar-refractivity contribution in [2.45, 2.75) is 17.9 Å². The van der Waals surface area contributed by atoms with Crippen LogP contribution in [0.5, 0.6) is 0 Å². The molecule has 1 fully saturated rings. The summed E-state index contributed by atoms with van der Waals surface area (Å²) in [7, 11) is -1.54. The predicted octanol–water partition coefficient (Wildman–Crippen LogP) is 2.54. The summed E-state index contributed by atoms with van der Waals surface area (Å²) >= 11 is 0. The maximum Gasteiger partial charge on any atom is 0.243 e. The summed E-state index contributed by atoms with van der Waals surface area (Å²) in [5.41, 5.74) is 2.76. The van der Waals surface area contributed by atoms with Gasteiger partial charge < -0.3 is 0 Å². The Morgan fingerprint density at radius 2 is 1.68 bits per heavy atom. The number of hydrogen-bond acceptors (Lipinski definition) is 4. The Kier molecular flexibility index (Phi) is 4.91. The summed E-state index contributed by atoms with van der Waals surface area (Å²) in [5.74, 6) is 0. The lowest BCUT2D eigenvalue weighted by Gasteiger charge is -2.39. The number of piperazine rings is 1. The van der Waals surface area contributed by atoms with Gasteiger partial charge in [-0.1, -0.05) is 29.8 Å². The van der Waals surface area contributed by atoms with Crippen molar-refractivity contribution < 1.29 is 8.42 Å². The minimum Gasteiger partial charge on any atom is -0.297 e. The van der Waals surface area contributed by atoms with Crippen LogP contribution in [0.15, 0.2) is 53.4 Å². The highest BCUT2D eigenvalue weighted by Gasteiger charge is 2.33. The number of nitriles is 1. The number of likely N-dealkylation sites (N-methyl/N-ethyl adjacent to an activating group) is 1. The van der Waals surface area contributed by atoms with E-state index in [0.29, 0.717) is 25.2 Å². The number of benzene rings is 2. The molecule has 2 aromatic carbocycles. The molecule has 3 rings (SSSR count). The van der Waals surface area contributed by atoms with Crippen molar-refractivity contribution >= 4 is 10.0 Å². The fraction of sp³-hybridized carbons (Fsp3) is 0.316. The molecule has 0 amide bonds. The summed E-state index contributed by atoms with van der Waals surface area (Å²) in [6.07, 6.45) is 0. The Bertz CT molecular complexity index is 884. The van der Waals surface area contributed by atoms with E-state index in [0.717, 1.165) is 5.56 Å². The van der Waals surface area contributed by atoms with E-state index in [1.165, 1.54) is 17.7 Å². The van der Waals surface area contributed by atoms with Gasteiger partial charge in [-0.2, -0.15) is 9.57 Å². The van der Waals surface area contributed by atoms with Gasteiger partial charge in [-0.05, 0) is 43.8 Å². The number of nitrogens with zero attached hydrogens (tertiary/aromatic N) is 3. The molecule has 1 atom stereocenters. The van der Waals surface area contributed by atoms with E-state index in [-0.39, 0.29) is 10.9 Å². The second kappa shape index (κ2) is 6.96. The summed E-state index contributed by atoms with van der Waals surface area (Å²) in [6.45, 7) is 3.59. The van der Waals surface area contributed by atoms with Crippen molar-refractivity contribution in [3.05, 3.63) is 65.2 Å². The molecule has 2 aromatic rings. The first-order valence-electron chi connectivity index (χ1n) is 8.19. The first kappa shape index (κ1) is 17.6. The zero-order valence-corrected chi connectivity index (χ0v) is 15.2. The highest BCUT2D eigenvalue weighted by atomic mass is 32.2. The van der Waals surface area contributed by atoms with Gasteiger partial charge in [-0.15, -0.1) is 0 Å². The minimum atomic E-state index is -3.56. The van der Waals surface area contributed by atoms with Gasteiger partial charge in [0.25, 0.3) is 0 Å². The molecule has 0 N–H and O–H groups in total. The molecule has 0 aromatic heterocycles. The SMILES string of the molecule is Cc1ccc(C2CN(S(=O)(=O)c3ccc(C#N)cc3)CCN2C)cc1. The molecule has 6 heteroatoms. The van der Waals surface area contributed by atoms with Crippen LogP contribution in [-0.4, -0.2) is 44.3 Å². The second-order valence-corrected chi connectivity index (χ2v) is 8.34. The second-order valence-electron chi connectivity index (χ2n) is 6.41. The number of aryl methyl sites for hydroxylation is 1. The molecular formula is C19H21N3O2S. The number of sulfonamides is 1. The van der Waals surface area contributed by atoms with Crippen LogP contribution in [-0.2, 0) is 10.0 Å². The molecular weight excluding hydrogens is 334 g/mol. The van der Waals surface area contributed by atoms with Gasteiger partial charge >= 0.3 is 0 Å². The quantitative estimate of drug-likeness (QED) is 0.849. The largest absolute Gasteiger partial charge is 0.297 e. The van der Waals surface area contributed by atoms with Crippen LogP contribution < -0.4 is 0 Å². The molecule has 0 spiro atoms. The number of rotatable bonds is 3. The lowest BCUT2D eigenvalue weighted by molar-refractivity contribution is 0.148. The summed E-state index contributed by atoms with van der Waals surface area (Å²) in [4.78, 5) is 2.42. The van der Waals surface area contributed by atoms with Gasteiger partial charge in [0, 0.05) is 25.7 Å². The highest BCUT2D eigenvalue weighted by Crippen LogP contribution is 2.28. The lowest BCUT2D eigenvalue weighted by Crippen LogP contribution is -2.48. The third-order valence-electron chi connectivity index (χ3n) is 4.69. The molecule has 0 bridgehead atoms. The normalized spacial score (nSPS) is 19.5. The molecule has 1 saturated heterocycles. The molecule has 1 aliphatic heterocycles. The lowest BCUT2D eigenvalue weighted by atomic mass is 10.0. The van der Waals surface area contributed by atoms with E-state index >= 15 is 0 Å². The standard InChI is InChI=1S/C19H21N3O2S/c1-15-3-7-17(8-4-15)19-14-22(12-11-21(19)2)25(23,24)18-9-5-16(13-20)6-10-18/h3-10,19H,11-12,14H2,1-2H3. The van der Waals surface area contributed by atoms with Crippen LogP contribution in [0.2, 0.25) is 0 Å². The van der Waals surface area contributed by atoms with E-state index in [1.54, 1.807) is 16.4 Å². The zero-order valence-electron chi connectivity index (χ0n) is 14.4. The molecule has 1 aliphatic rings. The molecule has 1 heterocycles. The minimum absolute atomic E-state index is 0.0301. The fourth-order valence-electron chi connectivity index (χ4n) is 3.07. The topological polar surface area (TPSA) is 64.4 Å². The summed E-state index contributed by atoms with van der Waals surface area (Å²) in [6, 6.07) is 16.4. The van der Waals surface area contributed by atoms with E-state index < -0.39 is 10.0 Å². The third-order valence-corrected chi connectivity index (χ3v) is 6.57. The maximum atomic E-state index is 12.9. The van der Waals surface area contributed by atoms with Crippen LogP contribution in [0.3, 0.4) is 0 Å². The van der Waals surface area contributed by atoms with Crippen molar-refractivity contribution in [3.8, 4) is 6.07 Å². The van der Waals surface area contributed by atoms with Crippen LogP contribution >= 0.6 is 0 Å². The van der Waals surface area contributed by atoms with Crippen molar-refractivity contribution in [1.82, 2.24) is 9.21 Å². The Balaban J connectivity index is 1.86. The Morgan fingerprint density at radius 3 is 2.28 bits per heavy atom. The smallest absolute Gasteiger partial charge is 0.243 e. The molecule has 5 nitrogen and oxygen atoms in total. The van der Waals surface area contributed by atoms with E-state index in [1.807, 2.05) is 20.0 Å². The first-order chi connectivity index (χ1) is 11.9. The first-order valence-corrected chi connectivity index (χ1v) is 9.63. The van der Waals surface area contributed by atoms with Crippen molar-refractivity contribution in [2.75, 3.05) is 26.7 Å². The van der Waals surface area contributed by atoms with Crippen molar-refractivity contribution in [1.29, 1.82) is 5.26 Å². The Hall–Kier alpha value is -2.20. The van der Waals surface area contributed by atoms with Gasteiger partial charge in [0.2, 0.25) is 10.0 Å². The van der Waals surface area contributed by atoms with Gasteiger partial charge in [-0.3, -0.25) is 4.90 Å². The van der Waals surface area contributed by atoms with E-state index in [2.05, 4.69) is 29.2 Å².